The minimum atomic E-state index is -0.384. The van der Waals surface area contributed by atoms with Crippen LogP contribution in [0.2, 0.25) is 5.02 Å². The van der Waals surface area contributed by atoms with Gasteiger partial charge in [0.05, 0.1) is 12.5 Å². The number of benzene rings is 1. The van der Waals surface area contributed by atoms with Crippen molar-refractivity contribution in [3.8, 4) is 11.4 Å². The number of carbonyl (C=O) groups is 2. The van der Waals surface area contributed by atoms with Gasteiger partial charge < -0.3 is 14.6 Å². The third-order valence-electron chi connectivity index (χ3n) is 4.83. The van der Waals surface area contributed by atoms with E-state index in [4.69, 9.17) is 16.3 Å². The number of hydrogen-bond acceptors (Lipinski definition) is 6. The van der Waals surface area contributed by atoms with Gasteiger partial charge in [0.15, 0.2) is 5.82 Å². The van der Waals surface area contributed by atoms with E-state index < -0.39 is 0 Å². The second-order valence-electron chi connectivity index (χ2n) is 6.89. The third kappa shape index (κ3) is 5.41. The van der Waals surface area contributed by atoms with Crippen LogP contribution in [-0.2, 0) is 20.7 Å². The van der Waals surface area contributed by atoms with E-state index in [9.17, 15) is 14.4 Å². The van der Waals surface area contributed by atoms with Gasteiger partial charge in [-0.3, -0.25) is 14.4 Å². The number of amides is 1. The fourth-order valence-corrected chi connectivity index (χ4v) is 3.52. The Morgan fingerprint density at radius 2 is 2.17 bits per heavy atom. The number of halogens is 1. The number of carbonyl (C=O) groups excluding carboxylic acids is 2. The molecule has 1 aliphatic heterocycles. The SMILES string of the molecule is CCOC(=O)[C@@H]1CCCN(C(=O)CCc2nnc(-c3cccc(Cl)c3)[nH]c2=O)C1. The number of piperidine rings is 1. The van der Waals surface area contributed by atoms with Crippen LogP contribution in [0.3, 0.4) is 0 Å². The molecule has 3 rings (SSSR count). The van der Waals surface area contributed by atoms with Gasteiger partial charge >= 0.3 is 5.97 Å². The Morgan fingerprint density at radius 3 is 2.90 bits per heavy atom. The molecular weight excluding hydrogens is 396 g/mol. The van der Waals surface area contributed by atoms with Gasteiger partial charge in [0.1, 0.15) is 5.69 Å². The highest BCUT2D eigenvalue weighted by molar-refractivity contribution is 6.30. The monoisotopic (exact) mass is 418 g/mol. The average molecular weight is 419 g/mol. The largest absolute Gasteiger partial charge is 0.466 e. The Bertz CT molecular complexity index is 946. The number of nitrogens with one attached hydrogen (secondary N) is 1. The van der Waals surface area contributed by atoms with Crippen molar-refractivity contribution < 1.29 is 14.3 Å². The van der Waals surface area contributed by atoms with E-state index in [0.717, 1.165) is 12.8 Å². The van der Waals surface area contributed by atoms with Gasteiger partial charge in [-0.15, -0.1) is 10.2 Å². The number of likely N-dealkylation sites (tertiary alicyclic amines) is 1. The van der Waals surface area contributed by atoms with Gasteiger partial charge in [-0.25, -0.2) is 0 Å². The van der Waals surface area contributed by atoms with Gasteiger partial charge in [0.25, 0.3) is 5.56 Å². The number of aryl methyl sites for hydroxylation is 1. The average Bonchev–Trinajstić information content (AvgIpc) is 2.73. The molecule has 1 aromatic carbocycles. The van der Waals surface area contributed by atoms with Crippen molar-refractivity contribution in [3.05, 3.63) is 45.3 Å². The molecule has 0 unspecified atom stereocenters. The van der Waals surface area contributed by atoms with E-state index in [1.807, 2.05) is 0 Å². The smallest absolute Gasteiger partial charge is 0.310 e. The molecule has 1 N–H and O–H groups in total. The molecule has 1 atom stereocenters. The van der Waals surface area contributed by atoms with Crippen molar-refractivity contribution in [2.24, 2.45) is 5.92 Å². The highest BCUT2D eigenvalue weighted by Crippen LogP contribution is 2.20. The maximum atomic E-state index is 12.5. The Hall–Kier alpha value is -2.74. The molecular formula is C20H23ClN4O4. The van der Waals surface area contributed by atoms with E-state index in [0.29, 0.717) is 36.1 Å². The molecule has 0 radical (unpaired) electrons. The summed E-state index contributed by atoms with van der Waals surface area (Å²) in [5, 5.41) is 8.56. The molecule has 154 valence electrons. The molecule has 1 saturated heterocycles. The molecule has 2 aromatic rings. The molecule has 0 spiro atoms. The first kappa shape index (κ1) is 21.0. The van der Waals surface area contributed by atoms with Gasteiger partial charge in [0.2, 0.25) is 5.91 Å². The number of aromatic nitrogens is 3. The number of aromatic amines is 1. The molecule has 0 bridgehead atoms. The molecule has 1 fully saturated rings. The van der Waals surface area contributed by atoms with Crippen LogP contribution < -0.4 is 5.56 Å². The lowest BCUT2D eigenvalue weighted by molar-refractivity contribution is -0.151. The molecule has 1 amide bonds. The summed E-state index contributed by atoms with van der Waals surface area (Å²) in [5.41, 5.74) is 0.469. The summed E-state index contributed by atoms with van der Waals surface area (Å²) < 4.78 is 5.06. The van der Waals surface area contributed by atoms with E-state index >= 15 is 0 Å². The Kier molecular flexibility index (Phi) is 6.98. The maximum Gasteiger partial charge on any atom is 0.310 e. The van der Waals surface area contributed by atoms with Crippen molar-refractivity contribution in [3.63, 3.8) is 0 Å². The molecule has 8 nitrogen and oxygen atoms in total. The van der Waals surface area contributed by atoms with Crippen LogP contribution in [0.5, 0.6) is 0 Å². The van der Waals surface area contributed by atoms with E-state index in [2.05, 4.69) is 15.2 Å². The van der Waals surface area contributed by atoms with Gasteiger partial charge in [0, 0.05) is 36.5 Å². The summed E-state index contributed by atoms with van der Waals surface area (Å²) in [6.45, 7) is 3.05. The Balaban J connectivity index is 1.60. The first-order valence-corrected chi connectivity index (χ1v) is 10.0. The molecule has 1 aromatic heterocycles. The minimum absolute atomic E-state index is 0.112. The number of rotatable bonds is 6. The normalized spacial score (nSPS) is 16.5. The second-order valence-corrected chi connectivity index (χ2v) is 7.33. The molecule has 9 heteroatoms. The summed E-state index contributed by atoms with van der Waals surface area (Å²) in [5.74, 6) is -0.336. The molecule has 0 aliphatic carbocycles. The number of H-pyrrole nitrogens is 1. The first-order valence-electron chi connectivity index (χ1n) is 9.64. The van der Waals surface area contributed by atoms with E-state index in [1.54, 1.807) is 36.1 Å². The summed E-state index contributed by atoms with van der Waals surface area (Å²) in [6.07, 6.45) is 1.78. The predicted octanol–water partition coefficient (Wildman–Crippen LogP) is 2.22. The minimum Gasteiger partial charge on any atom is -0.466 e. The first-order chi connectivity index (χ1) is 14.0. The second kappa shape index (κ2) is 9.65. The third-order valence-corrected chi connectivity index (χ3v) is 5.07. The topological polar surface area (TPSA) is 105 Å². The molecule has 0 saturated carbocycles. The number of nitrogens with zero attached hydrogens (tertiary/aromatic N) is 3. The summed E-state index contributed by atoms with van der Waals surface area (Å²) in [7, 11) is 0. The Labute approximate surface area is 173 Å². The summed E-state index contributed by atoms with van der Waals surface area (Å²) >= 11 is 5.96. The van der Waals surface area contributed by atoms with Crippen LogP contribution in [0.1, 0.15) is 31.9 Å². The van der Waals surface area contributed by atoms with Gasteiger partial charge in [-0.2, -0.15) is 0 Å². The van der Waals surface area contributed by atoms with Crippen molar-refractivity contribution in [2.75, 3.05) is 19.7 Å². The molecule has 29 heavy (non-hydrogen) atoms. The van der Waals surface area contributed by atoms with Crippen LogP contribution in [0.4, 0.5) is 0 Å². The molecule has 2 heterocycles. The summed E-state index contributed by atoms with van der Waals surface area (Å²) in [6, 6.07) is 6.93. The van der Waals surface area contributed by atoms with E-state index in [-0.39, 0.29) is 41.9 Å². The van der Waals surface area contributed by atoms with Crippen molar-refractivity contribution >= 4 is 23.5 Å². The lowest BCUT2D eigenvalue weighted by atomic mass is 9.98. The predicted molar refractivity (Wildman–Crippen MR) is 107 cm³/mol. The zero-order valence-corrected chi connectivity index (χ0v) is 16.9. The fraction of sp³-hybridized carbons (Fsp3) is 0.450. The number of esters is 1. The van der Waals surface area contributed by atoms with Crippen molar-refractivity contribution in [2.45, 2.75) is 32.6 Å². The highest BCUT2D eigenvalue weighted by atomic mass is 35.5. The van der Waals surface area contributed by atoms with Gasteiger partial charge in [-0.1, -0.05) is 23.7 Å². The summed E-state index contributed by atoms with van der Waals surface area (Å²) in [4.78, 5) is 41.1. The quantitative estimate of drug-likeness (QED) is 0.721. The van der Waals surface area contributed by atoms with Crippen LogP contribution in [0.15, 0.2) is 29.1 Å². The van der Waals surface area contributed by atoms with Crippen molar-refractivity contribution in [1.29, 1.82) is 0 Å². The number of ether oxygens (including phenoxy) is 1. The zero-order valence-electron chi connectivity index (χ0n) is 16.2. The van der Waals surface area contributed by atoms with Crippen LogP contribution in [0.25, 0.3) is 11.4 Å². The standard InChI is InChI=1S/C20H23ClN4O4/c1-2-29-20(28)14-6-4-10-25(12-14)17(26)9-8-16-19(27)22-18(24-23-16)13-5-3-7-15(21)11-13/h3,5,7,11,14H,2,4,6,8-10,12H2,1H3,(H,22,24,27)/t14-/m1/s1. The fourth-order valence-electron chi connectivity index (χ4n) is 3.33. The van der Waals surface area contributed by atoms with Crippen LogP contribution in [-0.4, -0.2) is 51.7 Å². The Morgan fingerprint density at radius 1 is 1.34 bits per heavy atom. The lowest BCUT2D eigenvalue weighted by Crippen LogP contribution is -2.43. The van der Waals surface area contributed by atoms with E-state index in [1.165, 1.54) is 0 Å². The van der Waals surface area contributed by atoms with Crippen molar-refractivity contribution in [1.82, 2.24) is 20.1 Å². The maximum absolute atomic E-state index is 12.5. The molecule has 1 aliphatic rings. The van der Waals surface area contributed by atoms with Crippen LogP contribution in [0, 0.1) is 5.92 Å². The number of hydrogen-bond donors (Lipinski definition) is 1. The van der Waals surface area contributed by atoms with Crippen LogP contribution >= 0.6 is 11.6 Å². The highest BCUT2D eigenvalue weighted by Gasteiger charge is 2.29. The zero-order chi connectivity index (χ0) is 20.8. The lowest BCUT2D eigenvalue weighted by Gasteiger charge is -2.31. The van der Waals surface area contributed by atoms with Gasteiger partial charge in [-0.05, 0) is 31.9 Å².